The summed E-state index contributed by atoms with van der Waals surface area (Å²) < 4.78 is 24.5. The van der Waals surface area contributed by atoms with Crippen molar-refractivity contribution in [2.24, 2.45) is 0 Å². The number of carbonyl (C=O) groups excluding carboxylic acids is 3. The van der Waals surface area contributed by atoms with Crippen molar-refractivity contribution >= 4 is 57.8 Å². The Kier molecular flexibility index (Phi) is 10.5. The maximum Gasteiger partial charge on any atom is 0.333 e. The van der Waals surface area contributed by atoms with Crippen LogP contribution in [-0.4, -0.2) is 73.9 Å². The monoisotopic (exact) mass is 559 g/mol. The van der Waals surface area contributed by atoms with Gasteiger partial charge in [0.1, 0.15) is 6.54 Å². The van der Waals surface area contributed by atoms with Gasteiger partial charge in [0, 0.05) is 22.6 Å². The Labute approximate surface area is 226 Å². The zero-order chi connectivity index (χ0) is 28.4. The number of anilines is 3. The molecule has 0 fully saturated rings. The molecular formula is C23H29N9O6S. The fourth-order valence-electron chi connectivity index (χ4n) is 3.21. The second-order valence-corrected chi connectivity index (χ2v) is 9.16. The normalized spacial score (nSPS) is 12.4. The molecule has 0 spiro atoms. The molecule has 2 heterocycles. The van der Waals surface area contributed by atoms with E-state index in [1.54, 1.807) is 38.1 Å². The number of fused-ring (bicyclic) bond motifs is 1. The first-order chi connectivity index (χ1) is 18.7. The predicted octanol–water partition coefficient (Wildman–Crippen LogP) is -0.326. The van der Waals surface area contributed by atoms with Crippen LogP contribution in [0.1, 0.15) is 29.9 Å². The number of ether oxygens (including phenoxy) is 2. The number of nitrogens with two attached hydrogens (primary N) is 2. The van der Waals surface area contributed by atoms with E-state index in [1.807, 2.05) is 0 Å². The Bertz CT molecular complexity index is 1310. The molecule has 0 saturated carbocycles. The lowest BCUT2D eigenvalue weighted by atomic mass is 10.1. The molecule has 0 saturated heterocycles. The number of rotatable bonds is 13. The molecule has 0 aliphatic carbocycles. The number of hydrogen-bond acceptors (Lipinski definition) is 14. The van der Waals surface area contributed by atoms with Crippen LogP contribution in [0.5, 0.6) is 0 Å². The Hall–Kier alpha value is -4.28. The first-order valence-electron chi connectivity index (χ1n) is 11.8. The van der Waals surface area contributed by atoms with Gasteiger partial charge < -0.3 is 36.1 Å². The number of nitrogens with one attached hydrogen (secondary N) is 3. The third-order valence-corrected chi connectivity index (χ3v) is 6.10. The average Bonchev–Trinajstić information content (AvgIpc) is 2.91. The highest BCUT2D eigenvalue weighted by atomic mass is 32.2. The number of benzene rings is 1. The van der Waals surface area contributed by atoms with E-state index >= 15 is 0 Å². The Morgan fingerprint density at radius 3 is 2.46 bits per heavy atom. The van der Waals surface area contributed by atoms with E-state index in [2.05, 4.69) is 35.3 Å². The first-order valence-corrected chi connectivity index (χ1v) is 13.2. The van der Waals surface area contributed by atoms with Crippen LogP contribution in [0.4, 0.5) is 17.5 Å². The van der Waals surface area contributed by atoms with Gasteiger partial charge in [0.2, 0.25) is 5.95 Å². The summed E-state index contributed by atoms with van der Waals surface area (Å²) in [6.07, 6.45) is 1.53. The van der Waals surface area contributed by atoms with Crippen molar-refractivity contribution in [3.8, 4) is 0 Å². The summed E-state index contributed by atoms with van der Waals surface area (Å²) in [7, 11) is 0. The van der Waals surface area contributed by atoms with Crippen LogP contribution in [0.25, 0.3) is 11.2 Å². The van der Waals surface area contributed by atoms with Crippen LogP contribution in [0.3, 0.4) is 0 Å². The number of hydrogen-bond donors (Lipinski definition) is 5. The van der Waals surface area contributed by atoms with E-state index in [0.29, 0.717) is 29.1 Å². The molecule has 39 heavy (non-hydrogen) atoms. The highest BCUT2D eigenvalue weighted by molar-refractivity contribution is 7.89. The van der Waals surface area contributed by atoms with Crippen molar-refractivity contribution in [1.29, 1.82) is 0 Å². The highest BCUT2D eigenvalue weighted by Gasteiger charge is 2.29. The maximum absolute atomic E-state index is 12.8. The molecule has 7 N–H and O–H groups in total. The van der Waals surface area contributed by atoms with Crippen molar-refractivity contribution in [2.75, 3.05) is 42.3 Å². The van der Waals surface area contributed by atoms with Gasteiger partial charge in [-0.05, 0) is 38.1 Å². The van der Waals surface area contributed by atoms with Gasteiger partial charge in [0.15, 0.2) is 28.8 Å². The molecule has 3 aromatic rings. The largest absolute Gasteiger partial charge is 0.598 e. The molecule has 208 valence electrons. The lowest BCUT2D eigenvalue weighted by molar-refractivity contribution is -0.144. The Balaban J connectivity index is 1.59. The molecule has 16 heteroatoms. The second-order valence-electron chi connectivity index (χ2n) is 7.85. The van der Waals surface area contributed by atoms with Crippen LogP contribution in [0.15, 0.2) is 30.5 Å². The zero-order valence-corrected chi connectivity index (χ0v) is 22.1. The van der Waals surface area contributed by atoms with Crippen LogP contribution in [-0.2, 0) is 37.0 Å². The van der Waals surface area contributed by atoms with Crippen LogP contribution >= 0.6 is 0 Å². The standard InChI is InChI=1S/C23H29N9O6S/c1-3-37-17(33)11-28-39(36)12-16(22(35)38-4-2)30-21(34)13-5-7-14(8-6-13)26-9-15-10-27-20-18(29-15)19(24)31-23(25)32-20/h5-8,10,16,26,28H,3-4,9,11-12H2,1-2H3,(H,30,34)(H4,24,25,27,31,32). The molecule has 15 nitrogen and oxygen atoms in total. The van der Waals surface area contributed by atoms with Gasteiger partial charge in [-0.15, -0.1) is 4.72 Å². The average molecular weight is 560 g/mol. The van der Waals surface area contributed by atoms with Gasteiger partial charge in [0.25, 0.3) is 5.91 Å². The number of nitrogens with zero attached hydrogens (tertiary/aromatic N) is 4. The minimum absolute atomic E-state index is 0.0109. The van der Waals surface area contributed by atoms with E-state index in [0.717, 1.165) is 0 Å². The molecule has 1 amide bonds. The second kappa shape index (κ2) is 14.0. The molecule has 2 aromatic heterocycles. The van der Waals surface area contributed by atoms with Gasteiger partial charge in [-0.1, -0.05) is 0 Å². The van der Waals surface area contributed by atoms with E-state index in [1.165, 1.54) is 6.20 Å². The molecule has 3 rings (SSSR count). The zero-order valence-electron chi connectivity index (χ0n) is 21.3. The summed E-state index contributed by atoms with van der Waals surface area (Å²) in [5.74, 6) is -2.08. The van der Waals surface area contributed by atoms with Crippen molar-refractivity contribution in [1.82, 2.24) is 30.0 Å². The van der Waals surface area contributed by atoms with E-state index in [9.17, 15) is 18.9 Å². The van der Waals surface area contributed by atoms with Gasteiger partial charge in [-0.3, -0.25) is 9.59 Å². The number of aromatic nitrogens is 4. The Morgan fingerprint density at radius 2 is 1.77 bits per heavy atom. The first kappa shape index (κ1) is 29.3. The fraction of sp³-hybridized carbons (Fsp3) is 0.348. The lowest BCUT2D eigenvalue weighted by Crippen LogP contribution is -2.48. The highest BCUT2D eigenvalue weighted by Crippen LogP contribution is 2.16. The van der Waals surface area contributed by atoms with E-state index in [4.69, 9.17) is 20.9 Å². The minimum atomic E-state index is -1.82. The van der Waals surface area contributed by atoms with Crippen molar-refractivity contribution < 1.29 is 28.4 Å². The van der Waals surface area contributed by atoms with Crippen LogP contribution < -0.4 is 26.8 Å². The Morgan fingerprint density at radius 1 is 1.05 bits per heavy atom. The third kappa shape index (κ3) is 8.62. The summed E-state index contributed by atoms with van der Waals surface area (Å²) in [5.41, 5.74) is 13.6. The summed E-state index contributed by atoms with van der Waals surface area (Å²) in [4.78, 5) is 53.1. The van der Waals surface area contributed by atoms with Crippen LogP contribution in [0.2, 0.25) is 0 Å². The lowest BCUT2D eigenvalue weighted by Gasteiger charge is -2.19. The number of nitrogen functional groups attached to an aromatic ring is 2. The van der Waals surface area contributed by atoms with E-state index < -0.39 is 35.2 Å². The summed E-state index contributed by atoms with van der Waals surface area (Å²) >= 11 is -1.82. The summed E-state index contributed by atoms with van der Waals surface area (Å²) in [6.45, 7) is 3.51. The summed E-state index contributed by atoms with van der Waals surface area (Å²) in [5, 5.41) is 5.69. The molecule has 2 atom stereocenters. The van der Waals surface area contributed by atoms with E-state index in [-0.39, 0.29) is 42.8 Å². The molecule has 0 radical (unpaired) electrons. The maximum atomic E-state index is 12.8. The van der Waals surface area contributed by atoms with Crippen LogP contribution in [0, 0.1) is 0 Å². The SMILES string of the molecule is CCOC(=O)CN[S+]([O-])CC(NC(=O)c1ccc(NCc2cnc3nc(N)nc(N)c3n2)cc1)C(=O)OCC. The van der Waals surface area contributed by atoms with Gasteiger partial charge in [-0.2, -0.15) is 9.97 Å². The quantitative estimate of drug-likeness (QED) is 0.133. The predicted molar refractivity (Wildman–Crippen MR) is 143 cm³/mol. The molecule has 0 aliphatic rings. The molecule has 0 aliphatic heterocycles. The van der Waals surface area contributed by atoms with Gasteiger partial charge in [-0.25, -0.2) is 14.8 Å². The summed E-state index contributed by atoms with van der Waals surface area (Å²) in [6, 6.07) is 5.23. The molecule has 0 bridgehead atoms. The number of amides is 1. The smallest absolute Gasteiger partial charge is 0.333 e. The van der Waals surface area contributed by atoms with Crippen molar-refractivity contribution in [3.63, 3.8) is 0 Å². The molecular weight excluding hydrogens is 530 g/mol. The van der Waals surface area contributed by atoms with Gasteiger partial charge in [0.05, 0.1) is 31.6 Å². The number of esters is 2. The van der Waals surface area contributed by atoms with Crippen molar-refractivity contribution in [3.05, 3.63) is 41.7 Å². The fourth-order valence-corrected chi connectivity index (χ4v) is 4.13. The molecule has 2 unspecified atom stereocenters. The number of carbonyl (C=O) groups is 3. The minimum Gasteiger partial charge on any atom is -0.598 e. The third-order valence-electron chi connectivity index (χ3n) is 5.00. The van der Waals surface area contributed by atoms with Gasteiger partial charge >= 0.3 is 11.9 Å². The van der Waals surface area contributed by atoms with Crippen molar-refractivity contribution in [2.45, 2.75) is 26.4 Å². The molecule has 1 aromatic carbocycles. The topological polar surface area (TPSA) is 232 Å².